The minimum Gasteiger partial charge on any atom is -0.372 e. The van der Waals surface area contributed by atoms with Crippen molar-refractivity contribution < 1.29 is 18.4 Å². The van der Waals surface area contributed by atoms with E-state index >= 15 is 0 Å². The molecule has 1 heterocycles. The van der Waals surface area contributed by atoms with Crippen LogP contribution in [-0.4, -0.2) is 31.4 Å². The van der Waals surface area contributed by atoms with Crippen LogP contribution in [0.25, 0.3) is 0 Å². The van der Waals surface area contributed by atoms with E-state index < -0.39 is 23.4 Å². The SMILES string of the molecule is O=C(NCCc1ccc(N2CCCCC2)cc1)C(=O)Nc1ccc(F)cc1F. The normalized spacial score (nSPS) is 13.9. The molecule has 0 aliphatic carbocycles. The fourth-order valence-corrected chi connectivity index (χ4v) is 3.20. The number of anilines is 2. The Kier molecular flexibility index (Phi) is 6.57. The zero-order valence-corrected chi connectivity index (χ0v) is 15.5. The van der Waals surface area contributed by atoms with Gasteiger partial charge in [0.25, 0.3) is 0 Å². The summed E-state index contributed by atoms with van der Waals surface area (Å²) < 4.78 is 26.4. The number of carbonyl (C=O) groups is 2. The van der Waals surface area contributed by atoms with Gasteiger partial charge in [-0.3, -0.25) is 9.59 Å². The number of rotatable bonds is 5. The van der Waals surface area contributed by atoms with Crippen LogP contribution in [0.3, 0.4) is 0 Å². The van der Waals surface area contributed by atoms with Crippen molar-refractivity contribution in [3.63, 3.8) is 0 Å². The maximum Gasteiger partial charge on any atom is 0.313 e. The Morgan fingerprint density at radius 2 is 1.64 bits per heavy atom. The smallest absolute Gasteiger partial charge is 0.313 e. The Labute approximate surface area is 162 Å². The summed E-state index contributed by atoms with van der Waals surface area (Å²) in [6.45, 7) is 2.44. The molecule has 0 spiro atoms. The summed E-state index contributed by atoms with van der Waals surface area (Å²) in [6.07, 6.45) is 4.30. The summed E-state index contributed by atoms with van der Waals surface area (Å²) in [6, 6.07) is 10.9. The molecular weight excluding hydrogens is 364 g/mol. The van der Waals surface area contributed by atoms with Crippen molar-refractivity contribution in [2.24, 2.45) is 0 Å². The molecule has 1 fully saturated rings. The van der Waals surface area contributed by atoms with Gasteiger partial charge < -0.3 is 15.5 Å². The van der Waals surface area contributed by atoms with Gasteiger partial charge in [-0.1, -0.05) is 12.1 Å². The molecule has 0 unspecified atom stereocenters. The highest BCUT2D eigenvalue weighted by atomic mass is 19.1. The van der Waals surface area contributed by atoms with E-state index in [-0.39, 0.29) is 12.2 Å². The molecule has 0 atom stereocenters. The van der Waals surface area contributed by atoms with E-state index in [1.807, 2.05) is 12.1 Å². The van der Waals surface area contributed by atoms with E-state index in [4.69, 9.17) is 0 Å². The van der Waals surface area contributed by atoms with Crippen LogP contribution in [0, 0.1) is 11.6 Å². The first-order valence-electron chi connectivity index (χ1n) is 9.41. The third-order valence-corrected chi connectivity index (χ3v) is 4.74. The number of benzene rings is 2. The minimum atomic E-state index is -0.994. The second-order valence-corrected chi connectivity index (χ2v) is 6.80. The van der Waals surface area contributed by atoms with Crippen LogP contribution in [0.4, 0.5) is 20.2 Å². The molecule has 0 bridgehead atoms. The molecule has 5 nitrogen and oxygen atoms in total. The lowest BCUT2D eigenvalue weighted by molar-refractivity contribution is -0.136. The summed E-state index contributed by atoms with van der Waals surface area (Å²) in [4.78, 5) is 26.0. The molecule has 2 N–H and O–H groups in total. The number of nitrogens with one attached hydrogen (secondary N) is 2. The number of hydrogen-bond donors (Lipinski definition) is 2. The molecule has 2 aromatic rings. The van der Waals surface area contributed by atoms with Crippen LogP contribution >= 0.6 is 0 Å². The van der Waals surface area contributed by atoms with E-state index in [9.17, 15) is 18.4 Å². The molecule has 7 heteroatoms. The van der Waals surface area contributed by atoms with Crippen LogP contribution < -0.4 is 15.5 Å². The maximum absolute atomic E-state index is 13.5. The van der Waals surface area contributed by atoms with Crippen LogP contribution in [-0.2, 0) is 16.0 Å². The minimum absolute atomic E-state index is 0.241. The van der Waals surface area contributed by atoms with Crippen molar-refractivity contribution >= 4 is 23.2 Å². The molecule has 1 aliphatic rings. The molecule has 28 heavy (non-hydrogen) atoms. The molecule has 0 aromatic heterocycles. The lowest BCUT2D eigenvalue weighted by Crippen LogP contribution is -2.36. The lowest BCUT2D eigenvalue weighted by atomic mass is 10.1. The standard InChI is InChI=1S/C21H23F2N3O2/c22-16-6-9-19(18(23)14-16)25-21(28)20(27)24-11-10-15-4-7-17(8-5-15)26-12-2-1-3-13-26/h4-9,14H,1-3,10-13H2,(H,24,27)(H,25,28). The van der Waals surface area contributed by atoms with Crippen molar-refractivity contribution in [3.8, 4) is 0 Å². The van der Waals surface area contributed by atoms with Gasteiger partial charge in [0.15, 0.2) is 0 Å². The predicted octanol–water partition coefficient (Wildman–Crippen LogP) is 3.25. The summed E-state index contributed by atoms with van der Waals surface area (Å²) in [5.74, 6) is -3.55. The molecule has 148 valence electrons. The highest BCUT2D eigenvalue weighted by Gasteiger charge is 2.15. The molecule has 0 saturated carbocycles. The topological polar surface area (TPSA) is 61.4 Å². The van der Waals surface area contributed by atoms with Gasteiger partial charge in [0.2, 0.25) is 0 Å². The van der Waals surface area contributed by atoms with Gasteiger partial charge in [-0.25, -0.2) is 8.78 Å². The number of amides is 2. The van der Waals surface area contributed by atoms with Gasteiger partial charge in [0.05, 0.1) is 5.69 Å². The second kappa shape index (κ2) is 9.30. The van der Waals surface area contributed by atoms with Crippen molar-refractivity contribution in [2.75, 3.05) is 29.9 Å². The maximum atomic E-state index is 13.5. The number of piperidine rings is 1. The monoisotopic (exact) mass is 387 g/mol. The lowest BCUT2D eigenvalue weighted by Gasteiger charge is -2.28. The first kappa shape index (κ1) is 19.8. The Morgan fingerprint density at radius 3 is 2.32 bits per heavy atom. The van der Waals surface area contributed by atoms with E-state index in [2.05, 4.69) is 27.7 Å². The van der Waals surface area contributed by atoms with Crippen molar-refractivity contribution in [2.45, 2.75) is 25.7 Å². The Morgan fingerprint density at radius 1 is 0.929 bits per heavy atom. The van der Waals surface area contributed by atoms with Gasteiger partial charge in [0.1, 0.15) is 11.6 Å². The average molecular weight is 387 g/mol. The highest BCUT2D eigenvalue weighted by Crippen LogP contribution is 2.20. The number of carbonyl (C=O) groups excluding carboxylic acids is 2. The molecule has 3 rings (SSSR count). The van der Waals surface area contributed by atoms with E-state index in [0.717, 1.165) is 30.8 Å². The van der Waals surface area contributed by atoms with Crippen molar-refractivity contribution in [3.05, 3.63) is 59.7 Å². The van der Waals surface area contributed by atoms with Crippen molar-refractivity contribution in [1.82, 2.24) is 5.32 Å². The van der Waals surface area contributed by atoms with Gasteiger partial charge >= 0.3 is 11.8 Å². The first-order valence-corrected chi connectivity index (χ1v) is 9.41. The molecule has 0 radical (unpaired) electrons. The Balaban J connectivity index is 1.44. The third-order valence-electron chi connectivity index (χ3n) is 4.74. The Hall–Kier alpha value is -2.96. The largest absolute Gasteiger partial charge is 0.372 e. The zero-order chi connectivity index (χ0) is 19.9. The zero-order valence-electron chi connectivity index (χ0n) is 15.5. The quantitative estimate of drug-likeness (QED) is 0.775. The summed E-state index contributed by atoms with van der Waals surface area (Å²) >= 11 is 0. The number of halogens is 2. The fraction of sp³-hybridized carbons (Fsp3) is 0.333. The van der Waals surface area contributed by atoms with E-state index in [0.29, 0.717) is 12.5 Å². The summed E-state index contributed by atoms with van der Waals surface area (Å²) in [7, 11) is 0. The fourth-order valence-electron chi connectivity index (χ4n) is 3.20. The predicted molar refractivity (Wildman–Crippen MR) is 104 cm³/mol. The second-order valence-electron chi connectivity index (χ2n) is 6.80. The molecule has 2 amide bonds. The Bertz CT molecular complexity index is 834. The van der Waals surface area contributed by atoms with Gasteiger partial charge in [-0.15, -0.1) is 0 Å². The first-order chi connectivity index (χ1) is 13.5. The van der Waals surface area contributed by atoms with Gasteiger partial charge in [-0.2, -0.15) is 0 Å². The van der Waals surface area contributed by atoms with Crippen molar-refractivity contribution in [1.29, 1.82) is 0 Å². The highest BCUT2D eigenvalue weighted by molar-refractivity contribution is 6.39. The van der Waals surface area contributed by atoms with Crippen LogP contribution in [0.2, 0.25) is 0 Å². The van der Waals surface area contributed by atoms with Gasteiger partial charge in [-0.05, 0) is 55.5 Å². The molecule has 2 aromatic carbocycles. The number of hydrogen-bond acceptors (Lipinski definition) is 3. The molecule has 1 saturated heterocycles. The van der Waals surface area contributed by atoms with Crippen LogP contribution in [0.5, 0.6) is 0 Å². The molecule has 1 aliphatic heterocycles. The van der Waals surface area contributed by atoms with Crippen LogP contribution in [0.1, 0.15) is 24.8 Å². The van der Waals surface area contributed by atoms with E-state index in [1.165, 1.54) is 24.9 Å². The summed E-state index contributed by atoms with van der Waals surface area (Å²) in [5, 5.41) is 4.63. The number of nitrogens with zero attached hydrogens (tertiary/aromatic N) is 1. The van der Waals surface area contributed by atoms with E-state index in [1.54, 1.807) is 0 Å². The third kappa shape index (κ3) is 5.28. The van der Waals surface area contributed by atoms with Gasteiger partial charge in [0, 0.05) is 31.4 Å². The summed E-state index contributed by atoms with van der Waals surface area (Å²) in [5.41, 5.74) is 2.01. The van der Waals surface area contributed by atoms with Crippen LogP contribution in [0.15, 0.2) is 42.5 Å². The average Bonchev–Trinajstić information content (AvgIpc) is 2.71. The molecular formula is C21H23F2N3O2.